The normalized spacial score (nSPS) is 9.27. The zero-order valence-corrected chi connectivity index (χ0v) is 7.39. The summed E-state index contributed by atoms with van der Waals surface area (Å²) in [6.45, 7) is 0. The molecule has 0 heterocycles. The van der Waals surface area contributed by atoms with Gasteiger partial charge in [-0.15, -0.1) is 0 Å². The molecule has 0 N–H and O–H groups in total. The van der Waals surface area contributed by atoms with E-state index in [1.807, 2.05) is 0 Å². The number of nitrogens with zero attached hydrogens (tertiary/aromatic N) is 1. The monoisotopic (exact) mass is 265 g/mol. The standard InChI is InChI=1S/C7H2F2IN/c8-4-1-6(9)5(3-11)7(10)2-4/h1-2H. The molecule has 11 heavy (non-hydrogen) atoms. The lowest BCUT2D eigenvalue weighted by Gasteiger charge is -1.95. The Labute approximate surface area is 75.8 Å². The molecule has 1 nitrogen and oxygen atoms in total. The van der Waals surface area contributed by atoms with Crippen molar-refractivity contribution in [2.45, 2.75) is 0 Å². The molecule has 0 aliphatic rings. The van der Waals surface area contributed by atoms with Crippen LogP contribution in [0.5, 0.6) is 0 Å². The Bertz CT molecular complexity index is 307. The summed E-state index contributed by atoms with van der Waals surface area (Å²) in [5.74, 6) is -1.47. The van der Waals surface area contributed by atoms with Crippen LogP contribution in [-0.2, 0) is 0 Å². The van der Waals surface area contributed by atoms with Crippen molar-refractivity contribution in [3.63, 3.8) is 0 Å². The zero-order chi connectivity index (χ0) is 8.43. The topological polar surface area (TPSA) is 23.8 Å². The Hall–Kier alpha value is -0.700. The van der Waals surface area contributed by atoms with Crippen LogP contribution >= 0.6 is 22.6 Å². The van der Waals surface area contributed by atoms with Crippen LogP contribution in [0.4, 0.5) is 8.78 Å². The summed E-state index contributed by atoms with van der Waals surface area (Å²) in [7, 11) is 0. The fourth-order valence-electron chi connectivity index (χ4n) is 0.649. The lowest BCUT2D eigenvalue weighted by atomic mass is 10.2. The molecule has 1 aromatic carbocycles. The summed E-state index contributed by atoms with van der Waals surface area (Å²) in [5, 5.41) is 8.37. The van der Waals surface area contributed by atoms with Crippen molar-refractivity contribution in [3.05, 3.63) is 32.9 Å². The molecule has 0 aliphatic carbocycles. The Morgan fingerprint density at radius 3 is 2.45 bits per heavy atom. The summed E-state index contributed by atoms with van der Waals surface area (Å²) in [5.41, 5.74) is -0.105. The number of nitriles is 1. The van der Waals surface area contributed by atoms with E-state index in [4.69, 9.17) is 5.26 Å². The fourth-order valence-corrected chi connectivity index (χ4v) is 1.32. The molecular formula is C7H2F2IN. The second-order valence-electron chi connectivity index (χ2n) is 1.86. The van der Waals surface area contributed by atoms with Gasteiger partial charge in [0.15, 0.2) is 0 Å². The predicted molar refractivity (Wildman–Crippen MR) is 43.8 cm³/mol. The SMILES string of the molecule is N#Cc1c(F)cc(F)cc1I. The van der Waals surface area contributed by atoms with Crippen molar-refractivity contribution < 1.29 is 8.78 Å². The van der Waals surface area contributed by atoms with E-state index in [-0.39, 0.29) is 5.56 Å². The van der Waals surface area contributed by atoms with Crippen molar-refractivity contribution >= 4 is 22.6 Å². The molecule has 0 atom stereocenters. The summed E-state index contributed by atoms with van der Waals surface area (Å²) >= 11 is 1.71. The Balaban J connectivity index is 3.40. The van der Waals surface area contributed by atoms with Gasteiger partial charge >= 0.3 is 0 Å². The molecule has 1 aromatic rings. The summed E-state index contributed by atoms with van der Waals surface area (Å²) in [6, 6.07) is 3.45. The average Bonchev–Trinajstić information content (AvgIpc) is 1.85. The van der Waals surface area contributed by atoms with E-state index in [0.29, 0.717) is 9.64 Å². The third kappa shape index (κ3) is 1.66. The van der Waals surface area contributed by atoms with E-state index in [9.17, 15) is 8.78 Å². The van der Waals surface area contributed by atoms with Crippen LogP contribution in [0.3, 0.4) is 0 Å². The van der Waals surface area contributed by atoms with E-state index < -0.39 is 11.6 Å². The molecule has 56 valence electrons. The van der Waals surface area contributed by atoms with Crippen molar-refractivity contribution in [1.82, 2.24) is 0 Å². The first-order chi connectivity index (χ1) is 5.15. The first kappa shape index (κ1) is 8.40. The molecule has 0 saturated heterocycles. The van der Waals surface area contributed by atoms with E-state index in [2.05, 4.69) is 0 Å². The number of rotatable bonds is 0. The van der Waals surface area contributed by atoms with Crippen LogP contribution in [0.25, 0.3) is 0 Å². The van der Waals surface area contributed by atoms with Gasteiger partial charge in [0.25, 0.3) is 0 Å². The highest BCUT2D eigenvalue weighted by Gasteiger charge is 2.07. The van der Waals surface area contributed by atoms with Crippen molar-refractivity contribution in [2.24, 2.45) is 0 Å². The van der Waals surface area contributed by atoms with Crippen LogP contribution in [0.15, 0.2) is 12.1 Å². The largest absolute Gasteiger partial charge is 0.207 e. The van der Waals surface area contributed by atoms with Crippen LogP contribution in [0, 0.1) is 26.5 Å². The lowest BCUT2D eigenvalue weighted by molar-refractivity contribution is 0.579. The van der Waals surface area contributed by atoms with Gasteiger partial charge in [-0.25, -0.2) is 8.78 Å². The van der Waals surface area contributed by atoms with E-state index in [1.165, 1.54) is 0 Å². The maximum atomic E-state index is 12.6. The van der Waals surface area contributed by atoms with Gasteiger partial charge in [0.1, 0.15) is 23.3 Å². The molecule has 0 aromatic heterocycles. The molecule has 0 amide bonds. The van der Waals surface area contributed by atoms with Gasteiger partial charge in [0.2, 0.25) is 0 Å². The number of benzene rings is 1. The molecule has 0 saturated carbocycles. The maximum absolute atomic E-state index is 12.6. The highest BCUT2D eigenvalue weighted by atomic mass is 127. The quantitative estimate of drug-likeness (QED) is 0.661. The smallest absolute Gasteiger partial charge is 0.144 e. The van der Waals surface area contributed by atoms with Gasteiger partial charge in [-0.05, 0) is 28.7 Å². The molecule has 0 spiro atoms. The van der Waals surface area contributed by atoms with Crippen LogP contribution in [0.1, 0.15) is 5.56 Å². The number of halogens is 3. The van der Waals surface area contributed by atoms with Crippen molar-refractivity contribution in [3.8, 4) is 6.07 Å². The average molecular weight is 265 g/mol. The summed E-state index contributed by atoms with van der Waals surface area (Å²) in [4.78, 5) is 0. The second-order valence-corrected chi connectivity index (χ2v) is 3.02. The predicted octanol–water partition coefficient (Wildman–Crippen LogP) is 2.44. The Morgan fingerprint density at radius 2 is 2.00 bits per heavy atom. The van der Waals surface area contributed by atoms with E-state index in [1.54, 1.807) is 28.7 Å². The fraction of sp³-hybridized carbons (Fsp3) is 0. The van der Waals surface area contributed by atoms with Crippen LogP contribution in [0.2, 0.25) is 0 Å². The highest BCUT2D eigenvalue weighted by molar-refractivity contribution is 14.1. The molecule has 0 radical (unpaired) electrons. The number of hydrogen-bond acceptors (Lipinski definition) is 1. The van der Waals surface area contributed by atoms with Crippen LogP contribution in [-0.4, -0.2) is 0 Å². The maximum Gasteiger partial charge on any atom is 0.144 e. The minimum Gasteiger partial charge on any atom is -0.207 e. The third-order valence-corrected chi connectivity index (χ3v) is 1.97. The molecule has 1 rings (SSSR count). The molecular weight excluding hydrogens is 263 g/mol. The minimum atomic E-state index is -0.808. The van der Waals surface area contributed by atoms with Gasteiger partial charge in [0, 0.05) is 9.64 Å². The molecule has 4 heteroatoms. The molecule has 0 aliphatic heterocycles. The van der Waals surface area contributed by atoms with Gasteiger partial charge in [0.05, 0.1) is 0 Å². The zero-order valence-electron chi connectivity index (χ0n) is 5.24. The lowest BCUT2D eigenvalue weighted by Crippen LogP contribution is -1.90. The first-order valence-corrected chi connectivity index (χ1v) is 3.77. The minimum absolute atomic E-state index is 0.105. The van der Waals surface area contributed by atoms with Gasteiger partial charge in [-0.2, -0.15) is 5.26 Å². The summed E-state index contributed by atoms with van der Waals surface area (Å²) < 4.78 is 25.3. The van der Waals surface area contributed by atoms with Crippen molar-refractivity contribution in [1.29, 1.82) is 5.26 Å². The van der Waals surface area contributed by atoms with Crippen molar-refractivity contribution in [2.75, 3.05) is 0 Å². The number of hydrogen-bond donors (Lipinski definition) is 0. The summed E-state index contributed by atoms with van der Waals surface area (Å²) in [6.07, 6.45) is 0. The van der Waals surface area contributed by atoms with E-state index >= 15 is 0 Å². The highest BCUT2D eigenvalue weighted by Crippen LogP contribution is 2.16. The van der Waals surface area contributed by atoms with Gasteiger partial charge in [-0.1, -0.05) is 0 Å². The third-order valence-electron chi connectivity index (χ3n) is 1.12. The Kier molecular flexibility index (Phi) is 2.39. The molecule has 0 bridgehead atoms. The molecule has 0 unspecified atom stereocenters. The first-order valence-electron chi connectivity index (χ1n) is 2.70. The second kappa shape index (κ2) is 3.13. The van der Waals surface area contributed by atoms with Crippen LogP contribution < -0.4 is 0 Å². The van der Waals surface area contributed by atoms with E-state index in [0.717, 1.165) is 6.07 Å². The van der Waals surface area contributed by atoms with Gasteiger partial charge < -0.3 is 0 Å². The van der Waals surface area contributed by atoms with Gasteiger partial charge in [-0.3, -0.25) is 0 Å². The molecule has 0 fully saturated rings. The Morgan fingerprint density at radius 1 is 1.36 bits per heavy atom.